The van der Waals surface area contributed by atoms with E-state index in [0.717, 1.165) is 9.13 Å². The number of hydrogen-bond donors (Lipinski definition) is 0. The molecule has 10 nitrogen and oxygen atoms in total. The van der Waals surface area contributed by atoms with Gasteiger partial charge >= 0.3 is 11.4 Å². The van der Waals surface area contributed by atoms with Crippen LogP contribution in [0.1, 0.15) is 22.5 Å². The van der Waals surface area contributed by atoms with E-state index in [1.165, 1.54) is 46.8 Å². The van der Waals surface area contributed by atoms with Gasteiger partial charge in [0, 0.05) is 95.8 Å². The second kappa shape index (κ2) is 13.1. The van der Waals surface area contributed by atoms with Crippen LogP contribution in [0, 0.1) is 13.8 Å². The first-order valence-electron chi connectivity index (χ1n) is 11.5. The average Bonchev–Trinajstić information content (AvgIpc) is 2.84. The Morgan fingerprint density at radius 1 is 0.703 bits per heavy atom. The smallest absolute Gasteiger partial charge is 0.330 e. The highest BCUT2D eigenvalue weighted by atomic mass is 32.2. The lowest BCUT2D eigenvalue weighted by molar-refractivity contribution is 0.591. The van der Waals surface area contributed by atoms with Crippen molar-refractivity contribution in [1.82, 2.24) is 28.1 Å². The monoisotopic (exact) mass is 586 g/mol. The molecule has 204 valence electrons. The maximum absolute atomic E-state index is 13.1. The lowest BCUT2D eigenvalue weighted by atomic mass is 10.0. The van der Waals surface area contributed by atoms with Gasteiger partial charge in [0.15, 0.2) is 0 Å². The van der Waals surface area contributed by atoms with Crippen molar-refractivity contribution in [3.63, 3.8) is 0 Å². The van der Waals surface area contributed by atoms with Crippen LogP contribution in [0.25, 0.3) is 0 Å². The fourth-order valence-corrected chi connectivity index (χ4v) is 5.59. The fourth-order valence-electron chi connectivity index (χ4n) is 3.68. The summed E-state index contributed by atoms with van der Waals surface area (Å²) in [5, 5.41) is 0. The molecule has 37 heavy (non-hydrogen) atoms. The van der Waals surface area contributed by atoms with Gasteiger partial charge in [-0.1, -0.05) is 48.0 Å². The lowest BCUT2D eigenvalue weighted by Crippen LogP contribution is -2.44. The van der Waals surface area contributed by atoms with Crippen LogP contribution in [0.5, 0.6) is 0 Å². The minimum atomic E-state index is -0.457. The van der Waals surface area contributed by atoms with Gasteiger partial charge in [-0.2, -0.15) is 0 Å². The highest BCUT2D eigenvalue weighted by molar-refractivity contribution is 8.23. The van der Waals surface area contributed by atoms with Crippen LogP contribution < -0.4 is 22.5 Å². The van der Waals surface area contributed by atoms with Crippen molar-refractivity contribution in [2.45, 2.75) is 33.4 Å². The average molecular weight is 587 g/mol. The van der Waals surface area contributed by atoms with Gasteiger partial charge in [0.2, 0.25) is 0 Å². The number of thioether (sulfide) groups is 2. The quantitative estimate of drug-likeness (QED) is 0.413. The van der Waals surface area contributed by atoms with Crippen molar-refractivity contribution in [1.29, 1.82) is 0 Å². The van der Waals surface area contributed by atoms with E-state index in [1.807, 2.05) is 38.0 Å². The zero-order chi connectivity index (χ0) is 28.2. The Balaban J connectivity index is 2.51. The first-order valence-corrected chi connectivity index (χ1v) is 14.3. The van der Waals surface area contributed by atoms with Crippen molar-refractivity contribution in [2.75, 3.05) is 39.7 Å². The zero-order valence-electron chi connectivity index (χ0n) is 22.5. The lowest BCUT2D eigenvalue weighted by Gasteiger charge is -2.19. The molecule has 2 aromatic rings. The van der Waals surface area contributed by atoms with Crippen LogP contribution in [-0.4, -0.2) is 76.4 Å². The standard InChI is InChI=1S/C23H34N6O4S4/c1-14-16(18(30)26(7)20(32)28(14)9-11-36-22(34)24(3)4)13-17-15(2)29(21(33)27(8)19(17)31)10-12-37-23(35)25(5)6/h9-13H2,1-8H3. The van der Waals surface area contributed by atoms with E-state index in [1.54, 1.807) is 13.8 Å². The summed E-state index contributed by atoms with van der Waals surface area (Å²) in [7, 11) is 10.3. The fraction of sp³-hybridized carbons (Fsp3) is 0.565. The zero-order valence-corrected chi connectivity index (χ0v) is 25.8. The number of hydrogen-bond acceptors (Lipinski definition) is 8. The van der Waals surface area contributed by atoms with Crippen LogP contribution in [0.4, 0.5) is 0 Å². The molecule has 0 aliphatic heterocycles. The van der Waals surface area contributed by atoms with E-state index in [-0.39, 0.29) is 6.42 Å². The Kier molecular flexibility index (Phi) is 11.0. The first-order chi connectivity index (χ1) is 17.2. The largest absolute Gasteiger partial charge is 0.364 e. The second-order valence-electron chi connectivity index (χ2n) is 8.92. The molecule has 2 heterocycles. The van der Waals surface area contributed by atoms with Crippen LogP contribution >= 0.6 is 48.0 Å². The van der Waals surface area contributed by atoms with E-state index in [9.17, 15) is 19.2 Å². The molecule has 0 spiro atoms. The molecule has 0 saturated carbocycles. The summed E-state index contributed by atoms with van der Waals surface area (Å²) in [6.45, 7) is 4.12. The molecule has 0 atom stereocenters. The molecule has 2 aromatic heterocycles. The normalized spacial score (nSPS) is 11.0. The van der Waals surface area contributed by atoms with Gasteiger partial charge in [-0.15, -0.1) is 0 Å². The van der Waals surface area contributed by atoms with Gasteiger partial charge in [0.1, 0.15) is 8.64 Å². The molecule has 14 heteroatoms. The number of aromatic nitrogens is 4. The second-order valence-corrected chi connectivity index (χ2v) is 12.4. The van der Waals surface area contributed by atoms with E-state index < -0.39 is 22.5 Å². The van der Waals surface area contributed by atoms with Gasteiger partial charge in [-0.3, -0.25) is 27.9 Å². The Labute approximate surface area is 235 Å². The summed E-state index contributed by atoms with van der Waals surface area (Å²) < 4.78 is 6.59. The van der Waals surface area contributed by atoms with Crippen molar-refractivity contribution in [2.24, 2.45) is 14.1 Å². The summed E-state index contributed by atoms with van der Waals surface area (Å²) in [5.41, 5.74) is -0.0855. The van der Waals surface area contributed by atoms with Crippen molar-refractivity contribution < 1.29 is 0 Å². The maximum Gasteiger partial charge on any atom is 0.330 e. The van der Waals surface area contributed by atoms with Crippen LogP contribution in [-0.2, 0) is 33.6 Å². The Bertz CT molecular complexity index is 1330. The molecule has 0 aliphatic carbocycles. The molecule has 0 aromatic carbocycles. The minimum absolute atomic E-state index is 0.00405. The molecule has 0 saturated heterocycles. The molecule has 0 unspecified atom stereocenters. The number of rotatable bonds is 8. The van der Waals surface area contributed by atoms with Crippen molar-refractivity contribution in [3.05, 3.63) is 64.2 Å². The molecule has 0 bridgehead atoms. The van der Waals surface area contributed by atoms with Gasteiger partial charge in [-0.25, -0.2) is 9.59 Å². The van der Waals surface area contributed by atoms with Gasteiger partial charge in [0.05, 0.1) is 0 Å². The van der Waals surface area contributed by atoms with Gasteiger partial charge < -0.3 is 9.80 Å². The molecular weight excluding hydrogens is 553 g/mol. The summed E-state index contributed by atoms with van der Waals surface area (Å²) >= 11 is 13.5. The molecule has 0 fully saturated rings. The molecule has 0 aliphatic rings. The van der Waals surface area contributed by atoms with E-state index in [2.05, 4.69) is 0 Å². The molecule has 0 amide bonds. The summed E-state index contributed by atoms with van der Waals surface area (Å²) in [6, 6.07) is 0. The van der Waals surface area contributed by atoms with Crippen LogP contribution in [0.15, 0.2) is 19.2 Å². The van der Waals surface area contributed by atoms with E-state index in [4.69, 9.17) is 24.4 Å². The molecule has 0 N–H and O–H groups in total. The van der Waals surface area contributed by atoms with Crippen LogP contribution in [0.3, 0.4) is 0 Å². The third-order valence-electron chi connectivity index (χ3n) is 6.01. The summed E-state index contributed by atoms with van der Waals surface area (Å²) in [6.07, 6.45) is 0.00405. The topological polar surface area (TPSA) is 94.5 Å². The third-order valence-corrected chi connectivity index (χ3v) is 9.44. The molecule has 2 rings (SSSR count). The number of thiocarbonyl (C=S) groups is 2. The van der Waals surface area contributed by atoms with Crippen molar-refractivity contribution >= 4 is 56.6 Å². The molecule has 0 radical (unpaired) electrons. The summed E-state index contributed by atoms with van der Waals surface area (Å²) in [5.74, 6) is 1.10. The highest BCUT2D eigenvalue weighted by Crippen LogP contribution is 2.13. The summed E-state index contributed by atoms with van der Waals surface area (Å²) in [4.78, 5) is 55.7. The predicted octanol–water partition coefficient (Wildman–Crippen LogP) is 0.774. The third kappa shape index (κ3) is 7.03. The van der Waals surface area contributed by atoms with Crippen molar-refractivity contribution in [3.8, 4) is 0 Å². The SMILES string of the molecule is Cc1c(Cc2c(C)n(CCSC(=S)N(C)C)c(=O)n(C)c2=O)c(=O)n(C)c(=O)n1CCSC(=S)N(C)C. The molecular formula is C23H34N6O4S4. The minimum Gasteiger partial charge on any atom is -0.364 e. The number of nitrogens with zero attached hydrogens (tertiary/aromatic N) is 6. The Morgan fingerprint density at radius 2 is 1.03 bits per heavy atom. The van der Waals surface area contributed by atoms with Gasteiger partial charge in [-0.05, 0) is 13.8 Å². The van der Waals surface area contributed by atoms with Gasteiger partial charge in [0.25, 0.3) is 11.1 Å². The Morgan fingerprint density at radius 3 is 1.32 bits per heavy atom. The van der Waals surface area contributed by atoms with E-state index >= 15 is 0 Å². The predicted molar refractivity (Wildman–Crippen MR) is 162 cm³/mol. The van der Waals surface area contributed by atoms with Crippen LogP contribution in [0.2, 0.25) is 0 Å². The maximum atomic E-state index is 13.1. The Hall–Kier alpha value is -2.16. The first kappa shape index (κ1) is 31.1. The highest BCUT2D eigenvalue weighted by Gasteiger charge is 2.20. The van der Waals surface area contributed by atoms with E-state index in [0.29, 0.717) is 55.8 Å².